The van der Waals surface area contributed by atoms with Crippen LogP contribution in [0.2, 0.25) is 0 Å². The zero-order valence-corrected chi connectivity index (χ0v) is 21.2. The predicted octanol–water partition coefficient (Wildman–Crippen LogP) is 4.96. The molecular formula is C29H31N3O6. The molecule has 198 valence electrons. The fourth-order valence-corrected chi connectivity index (χ4v) is 3.57. The van der Waals surface area contributed by atoms with Crippen LogP contribution in [-0.4, -0.2) is 36.1 Å². The molecule has 0 bridgehead atoms. The number of hydrogen-bond acceptors (Lipinski definition) is 7. The van der Waals surface area contributed by atoms with Gasteiger partial charge in [0.15, 0.2) is 5.78 Å². The average Bonchev–Trinajstić information content (AvgIpc) is 2.91. The molecule has 3 aromatic rings. The minimum Gasteiger partial charge on any atom is -0.491 e. The Morgan fingerprint density at radius 2 is 1.66 bits per heavy atom. The van der Waals surface area contributed by atoms with E-state index in [4.69, 9.17) is 20.3 Å². The van der Waals surface area contributed by atoms with Crippen LogP contribution in [0.4, 0.5) is 21.9 Å². The number of nitrogen functional groups attached to an aromatic ring is 1. The molecule has 0 aliphatic rings. The van der Waals surface area contributed by atoms with Gasteiger partial charge in [-0.2, -0.15) is 0 Å². The molecule has 0 spiro atoms. The maximum absolute atomic E-state index is 12.8. The number of Topliss-reactive ketones (excluding diaryl/α,β-unsaturated/α-hetero) is 1. The summed E-state index contributed by atoms with van der Waals surface area (Å²) in [7, 11) is 0. The van der Waals surface area contributed by atoms with Gasteiger partial charge in [0.25, 0.3) is 0 Å². The zero-order valence-electron chi connectivity index (χ0n) is 21.2. The number of carbonyl (C=O) groups excluding carboxylic acids is 3. The van der Waals surface area contributed by atoms with Gasteiger partial charge in [0.05, 0.1) is 18.0 Å². The van der Waals surface area contributed by atoms with Gasteiger partial charge in [0, 0.05) is 17.2 Å². The molecule has 3 aromatic carbocycles. The van der Waals surface area contributed by atoms with Crippen LogP contribution < -0.4 is 21.1 Å². The molecule has 38 heavy (non-hydrogen) atoms. The van der Waals surface area contributed by atoms with Crippen LogP contribution in [0.15, 0.2) is 84.9 Å². The molecule has 0 fully saturated rings. The normalized spacial score (nSPS) is 12.4. The second-order valence-corrected chi connectivity index (χ2v) is 8.52. The second-order valence-electron chi connectivity index (χ2n) is 8.52. The summed E-state index contributed by atoms with van der Waals surface area (Å²) in [5.41, 5.74) is 8.50. The quantitative estimate of drug-likeness (QED) is 0.160. The van der Waals surface area contributed by atoms with Gasteiger partial charge in [-0.05, 0) is 67.1 Å². The molecule has 0 aliphatic carbocycles. The lowest BCUT2D eigenvalue weighted by Crippen LogP contribution is -2.21. The molecule has 2 atom stereocenters. The first-order valence-corrected chi connectivity index (χ1v) is 12.0. The lowest BCUT2D eigenvalue weighted by molar-refractivity contribution is -0.111. The number of aliphatic hydroxyl groups excluding tert-OH is 1. The van der Waals surface area contributed by atoms with Gasteiger partial charge >= 0.3 is 6.09 Å². The summed E-state index contributed by atoms with van der Waals surface area (Å²) in [6, 6.07) is 20.3. The highest BCUT2D eigenvalue weighted by molar-refractivity contribution is 6.01. The van der Waals surface area contributed by atoms with Crippen molar-refractivity contribution < 1.29 is 29.0 Å². The third-order valence-corrected chi connectivity index (χ3v) is 5.59. The van der Waals surface area contributed by atoms with Crippen molar-refractivity contribution in [2.75, 3.05) is 29.6 Å². The number of anilines is 3. The molecule has 3 rings (SSSR count). The van der Waals surface area contributed by atoms with E-state index < -0.39 is 18.1 Å². The third-order valence-electron chi connectivity index (χ3n) is 5.59. The lowest BCUT2D eigenvalue weighted by Gasteiger charge is -2.23. The van der Waals surface area contributed by atoms with E-state index in [0.29, 0.717) is 33.9 Å². The Balaban J connectivity index is 1.75. The van der Waals surface area contributed by atoms with Gasteiger partial charge in [-0.3, -0.25) is 14.9 Å². The van der Waals surface area contributed by atoms with Crippen molar-refractivity contribution in [3.63, 3.8) is 0 Å². The molecule has 0 saturated carbocycles. The van der Waals surface area contributed by atoms with Gasteiger partial charge in [0.1, 0.15) is 18.5 Å². The van der Waals surface area contributed by atoms with Crippen molar-refractivity contribution in [1.29, 1.82) is 0 Å². The maximum Gasteiger partial charge on any atom is 0.412 e. The van der Waals surface area contributed by atoms with Crippen molar-refractivity contribution in [2.24, 2.45) is 5.92 Å². The number of amides is 2. The summed E-state index contributed by atoms with van der Waals surface area (Å²) in [4.78, 5) is 36.7. The number of nitrogens with two attached hydrogens (primary N) is 1. The van der Waals surface area contributed by atoms with Gasteiger partial charge in [-0.25, -0.2) is 4.79 Å². The van der Waals surface area contributed by atoms with E-state index in [2.05, 4.69) is 10.6 Å². The smallest absolute Gasteiger partial charge is 0.412 e. The summed E-state index contributed by atoms with van der Waals surface area (Å²) in [6.45, 7) is 3.33. The molecule has 9 nitrogen and oxygen atoms in total. The summed E-state index contributed by atoms with van der Waals surface area (Å²) >= 11 is 0. The Morgan fingerprint density at radius 3 is 2.29 bits per heavy atom. The summed E-state index contributed by atoms with van der Waals surface area (Å²) < 4.78 is 11.2. The highest BCUT2D eigenvalue weighted by Crippen LogP contribution is 2.29. The first-order chi connectivity index (χ1) is 18.3. The molecule has 5 N–H and O–H groups in total. The number of ketones is 1. The Labute approximate surface area is 221 Å². The van der Waals surface area contributed by atoms with Gasteiger partial charge in [0.2, 0.25) is 5.91 Å². The predicted molar refractivity (Wildman–Crippen MR) is 146 cm³/mol. The SMILES string of the molecule is CC(=O)c1ccc(NC(=O)O[C@H](c2ccc(OCCO)cc2)[C@H](C)/C=C/C(=O)Nc2ccccc2N)cc1. The fraction of sp³-hybridized carbons (Fsp3) is 0.207. The average molecular weight is 518 g/mol. The molecule has 0 saturated heterocycles. The van der Waals surface area contributed by atoms with Gasteiger partial charge in [-0.15, -0.1) is 0 Å². The summed E-state index contributed by atoms with van der Waals surface area (Å²) in [5, 5.41) is 14.4. The van der Waals surface area contributed by atoms with Crippen molar-refractivity contribution in [1.82, 2.24) is 0 Å². The number of para-hydroxylation sites is 2. The van der Waals surface area contributed by atoms with Crippen molar-refractivity contribution in [3.8, 4) is 5.75 Å². The van der Waals surface area contributed by atoms with E-state index in [9.17, 15) is 14.4 Å². The number of aliphatic hydroxyl groups is 1. The monoisotopic (exact) mass is 517 g/mol. The molecule has 0 aliphatic heterocycles. The Bertz CT molecular complexity index is 1270. The minimum absolute atomic E-state index is 0.0785. The van der Waals surface area contributed by atoms with Gasteiger partial charge < -0.3 is 25.6 Å². The number of hydrogen-bond donors (Lipinski definition) is 4. The van der Waals surface area contributed by atoms with Crippen LogP contribution in [0.3, 0.4) is 0 Å². The van der Waals surface area contributed by atoms with E-state index in [0.717, 1.165) is 0 Å². The molecule has 0 heterocycles. The first kappa shape index (κ1) is 27.9. The van der Waals surface area contributed by atoms with Crippen LogP contribution in [0.5, 0.6) is 5.75 Å². The number of ether oxygens (including phenoxy) is 2. The van der Waals surface area contributed by atoms with Crippen LogP contribution in [0, 0.1) is 5.92 Å². The summed E-state index contributed by atoms with van der Waals surface area (Å²) in [6.07, 6.45) is 1.56. The van der Waals surface area contributed by atoms with Crippen molar-refractivity contribution >= 4 is 34.8 Å². The molecule has 2 amide bonds. The maximum atomic E-state index is 12.8. The van der Waals surface area contributed by atoms with Crippen molar-refractivity contribution in [2.45, 2.75) is 20.0 Å². The Morgan fingerprint density at radius 1 is 0.974 bits per heavy atom. The highest BCUT2D eigenvalue weighted by Gasteiger charge is 2.23. The van der Waals surface area contributed by atoms with E-state index in [-0.39, 0.29) is 24.9 Å². The topological polar surface area (TPSA) is 140 Å². The van der Waals surface area contributed by atoms with E-state index in [1.54, 1.807) is 78.9 Å². The molecule has 0 unspecified atom stereocenters. The van der Waals surface area contributed by atoms with E-state index >= 15 is 0 Å². The van der Waals surface area contributed by atoms with Crippen LogP contribution in [0.1, 0.15) is 35.9 Å². The zero-order chi connectivity index (χ0) is 27.5. The Kier molecular flexibility index (Phi) is 10.0. The first-order valence-electron chi connectivity index (χ1n) is 12.0. The lowest BCUT2D eigenvalue weighted by atomic mass is 9.96. The number of rotatable bonds is 11. The molecule has 9 heteroatoms. The largest absolute Gasteiger partial charge is 0.491 e. The number of carbonyl (C=O) groups is 3. The van der Waals surface area contributed by atoms with E-state index in [1.807, 2.05) is 6.92 Å². The Hall–Kier alpha value is -4.63. The van der Waals surface area contributed by atoms with E-state index in [1.165, 1.54) is 13.0 Å². The standard InChI is InChI=1S/C29H31N3O6/c1-19(7-16-27(35)32-26-6-4-3-5-25(26)30)28(22-10-14-24(15-11-22)37-18-17-33)38-29(36)31-23-12-8-21(9-13-23)20(2)34/h3-16,19,28,33H,17-18,30H2,1-2H3,(H,31,36)(H,32,35)/b16-7+/t19-,28+/m1/s1. The van der Waals surface area contributed by atoms with Crippen LogP contribution in [0.25, 0.3) is 0 Å². The molecule has 0 aromatic heterocycles. The second kappa shape index (κ2) is 13.6. The van der Waals surface area contributed by atoms with Gasteiger partial charge in [-0.1, -0.05) is 37.3 Å². The summed E-state index contributed by atoms with van der Waals surface area (Å²) in [5.74, 6) is -0.301. The molecule has 0 radical (unpaired) electrons. The highest BCUT2D eigenvalue weighted by atomic mass is 16.6. The number of benzene rings is 3. The van der Waals surface area contributed by atoms with Crippen LogP contribution >= 0.6 is 0 Å². The van der Waals surface area contributed by atoms with Crippen LogP contribution in [-0.2, 0) is 9.53 Å². The molecular weight excluding hydrogens is 486 g/mol. The fourth-order valence-electron chi connectivity index (χ4n) is 3.57. The third kappa shape index (κ3) is 8.21. The van der Waals surface area contributed by atoms with Crippen molar-refractivity contribution in [3.05, 3.63) is 96.1 Å². The number of nitrogens with one attached hydrogen (secondary N) is 2. The minimum atomic E-state index is -0.746.